The van der Waals surface area contributed by atoms with Crippen LogP contribution in [0, 0.1) is 17.1 Å². The molecule has 1 saturated heterocycles. The number of nitriles is 1. The van der Waals surface area contributed by atoms with E-state index in [4.69, 9.17) is 10.00 Å². The lowest BCUT2D eigenvalue weighted by Crippen LogP contribution is -2.52. The molecule has 0 N–H and O–H groups in total. The van der Waals surface area contributed by atoms with Gasteiger partial charge in [-0.3, -0.25) is 9.80 Å². The van der Waals surface area contributed by atoms with Crippen LogP contribution >= 0.6 is 0 Å². The minimum Gasteiger partial charge on any atom is -0.383 e. The molecule has 0 radical (unpaired) electrons. The molecule has 5 heteroatoms. The van der Waals surface area contributed by atoms with Crippen molar-refractivity contribution >= 4 is 0 Å². The van der Waals surface area contributed by atoms with Crippen molar-refractivity contribution in [2.24, 2.45) is 0 Å². The second-order valence-corrected chi connectivity index (χ2v) is 5.53. The highest BCUT2D eigenvalue weighted by molar-refractivity contribution is 5.37. The Labute approximate surface area is 125 Å². The molecule has 0 saturated carbocycles. The summed E-state index contributed by atoms with van der Waals surface area (Å²) in [6, 6.07) is 6.99. The molecule has 2 rings (SSSR count). The fourth-order valence-electron chi connectivity index (χ4n) is 2.79. The zero-order chi connectivity index (χ0) is 15.2. The van der Waals surface area contributed by atoms with E-state index in [-0.39, 0.29) is 5.82 Å². The van der Waals surface area contributed by atoms with Gasteiger partial charge in [0.2, 0.25) is 0 Å². The van der Waals surface area contributed by atoms with Gasteiger partial charge in [0, 0.05) is 45.9 Å². The van der Waals surface area contributed by atoms with Gasteiger partial charge in [0.05, 0.1) is 18.2 Å². The van der Waals surface area contributed by atoms with Gasteiger partial charge in [-0.2, -0.15) is 5.26 Å². The van der Waals surface area contributed by atoms with E-state index in [9.17, 15) is 4.39 Å². The summed E-state index contributed by atoms with van der Waals surface area (Å²) in [6.45, 7) is 7.51. The third-order valence-electron chi connectivity index (χ3n) is 4.02. The third kappa shape index (κ3) is 4.24. The zero-order valence-electron chi connectivity index (χ0n) is 12.7. The van der Waals surface area contributed by atoms with Crippen LogP contribution in [0.2, 0.25) is 0 Å². The lowest BCUT2D eigenvalue weighted by Gasteiger charge is -2.39. The fourth-order valence-corrected chi connectivity index (χ4v) is 2.79. The quantitative estimate of drug-likeness (QED) is 0.830. The van der Waals surface area contributed by atoms with Gasteiger partial charge in [0.1, 0.15) is 5.82 Å². The van der Waals surface area contributed by atoms with Crippen LogP contribution in [-0.2, 0) is 11.3 Å². The third-order valence-corrected chi connectivity index (χ3v) is 4.02. The molecule has 21 heavy (non-hydrogen) atoms. The van der Waals surface area contributed by atoms with Crippen LogP contribution in [0.4, 0.5) is 4.39 Å². The Morgan fingerprint density at radius 3 is 2.90 bits per heavy atom. The predicted octanol–water partition coefficient (Wildman–Crippen LogP) is 1.85. The van der Waals surface area contributed by atoms with E-state index in [0.29, 0.717) is 18.2 Å². The van der Waals surface area contributed by atoms with Gasteiger partial charge in [0.15, 0.2) is 0 Å². The topological polar surface area (TPSA) is 39.5 Å². The molecule has 0 bridgehead atoms. The Balaban J connectivity index is 1.95. The molecule has 0 aromatic heterocycles. The summed E-state index contributed by atoms with van der Waals surface area (Å²) in [7, 11) is 1.72. The zero-order valence-corrected chi connectivity index (χ0v) is 12.7. The van der Waals surface area contributed by atoms with Crippen LogP contribution < -0.4 is 0 Å². The maximum atomic E-state index is 13.2. The lowest BCUT2D eigenvalue weighted by molar-refractivity contribution is 0.0557. The monoisotopic (exact) mass is 291 g/mol. The van der Waals surface area contributed by atoms with E-state index in [2.05, 4.69) is 22.8 Å². The summed E-state index contributed by atoms with van der Waals surface area (Å²) in [5, 5.41) is 9.11. The second kappa shape index (κ2) is 7.51. The molecule has 4 nitrogen and oxygen atoms in total. The summed E-state index contributed by atoms with van der Waals surface area (Å²) in [5.41, 5.74) is 1.33. The van der Waals surface area contributed by atoms with Crippen LogP contribution in [0.15, 0.2) is 18.2 Å². The number of hydrogen-bond donors (Lipinski definition) is 0. The minimum absolute atomic E-state index is 0.354. The first kappa shape index (κ1) is 15.9. The molecular formula is C16H22FN3O. The van der Waals surface area contributed by atoms with Crippen molar-refractivity contribution in [1.82, 2.24) is 9.80 Å². The molecule has 114 valence electrons. The SMILES string of the molecule is COCCN1CCN(Cc2ccc(F)cc2C#N)C[C@@H]1C. The van der Waals surface area contributed by atoms with Gasteiger partial charge < -0.3 is 4.74 Å². The number of rotatable bonds is 5. The van der Waals surface area contributed by atoms with E-state index in [0.717, 1.165) is 38.3 Å². The van der Waals surface area contributed by atoms with E-state index < -0.39 is 0 Å². The van der Waals surface area contributed by atoms with Crippen LogP contribution in [-0.4, -0.2) is 55.7 Å². The summed E-state index contributed by atoms with van der Waals surface area (Å²) in [5.74, 6) is -0.354. The Morgan fingerprint density at radius 2 is 2.24 bits per heavy atom. The normalized spacial score (nSPS) is 20.4. The van der Waals surface area contributed by atoms with E-state index in [1.807, 2.05) is 0 Å². The van der Waals surface area contributed by atoms with E-state index >= 15 is 0 Å². The number of ether oxygens (including phenoxy) is 1. The molecule has 1 atom stereocenters. The Hall–Kier alpha value is -1.48. The van der Waals surface area contributed by atoms with Gasteiger partial charge >= 0.3 is 0 Å². The molecule has 1 aliphatic heterocycles. The van der Waals surface area contributed by atoms with Crippen molar-refractivity contribution in [3.63, 3.8) is 0 Å². The molecule has 1 heterocycles. The van der Waals surface area contributed by atoms with Crippen molar-refractivity contribution in [3.05, 3.63) is 35.1 Å². The summed E-state index contributed by atoms with van der Waals surface area (Å²) in [6.07, 6.45) is 0. The van der Waals surface area contributed by atoms with Crippen molar-refractivity contribution in [3.8, 4) is 6.07 Å². The predicted molar refractivity (Wildman–Crippen MR) is 79.3 cm³/mol. The molecular weight excluding hydrogens is 269 g/mol. The Morgan fingerprint density at radius 1 is 1.43 bits per heavy atom. The maximum Gasteiger partial charge on any atom is 0.124 e. The van der Waals surface area contributed by atoms with Crippen molar-refractivity contribution in [1.29, 1.82) is 5.26 Å². The molecule has 1 aromatic rings. The largest absolute Gasteiger partial charge is 0.383 e. The maximum absolute atomic E-state index is 13.2. The number of benzene rings is 1. The molecule has 0 amide bonds. The van der Waals surface area contributed by atoms with Gasteiger partial charge in [-0.25, -0.2) is 4.39 Å². The molecule has 1 aromatic carbocycles. The summed E-state index contributed by atoms with van der Waals surface area (Å²) in [4.78, 5) is 4.73. The van der Waals surface area contributed by atoms with Crippen LogP contribution in [0.1, 0.15) is 18.1 Å². The van der Waals surface area contributed by atoms with E-state index in [1.54, 1.807) is 13.2 Å². The molecule has 1 fully saturated rings. The van der Waals surface area contributed by atoms with Crippen molar-refractivity contribution < 1.29 is 9.13 Å². The van der Waals surface area contributed by atoms with E-state index in [1.165, 1.54) is 12.1 Å². The molecule has 0 spiro atoms. The average molecular weight is 291 g/mol. The number of piperazine rings is 1. The number of halogens is 1. The minimum atomic E-state index is -0.354. The van der Waals surface area contributed by atoms with Crippen molar-refractivity contribution in [2.45, 2.75) is 19.5 Å². The highest BCUT2D eigenvalue weighted by atomic mass is 19.1. The van der Waals surface area contributed by atoms with Gasteiger partial charge in [-0.05, 0) is 24.6 Å². The molecule has 0 unspecified atom stereocenters. The van der Waals surface area contributed by atoms with Crippen LogP contribution in [0.25, 0.3) is 0 Å². The second-order valence-electron chi connectivity index (χ2n) is 5.53. The Bertz CT molecular complexity index is 515. The van der Waals surface area contributed by atoms with Gasteiger partial charge in [-0.1, -0.05) is 6.07 Å². The van der Waals surface area contributed by atoms with Crippen molar-refractivity contribution in [2.75, 3.05) is 39.9 Å². The highest BCUT2D eigenvalue weighted by Gasteiger charge is 2.23. The first-order chi connectivity index (χ1) is 10.1. The number of hydrogen-bond acceptors (Lipinski definition) is 4. The van der Waals surface area contributed by atoms with Gasteiger partial charge in [0.25, 0.3) is 0 Å². The number of nitrogens with zero attached hydrogens (tertiary/aromatic N) is 3. The summed E-state index contributed by atoms with van der Waals surface area (Å²) < 4.78 is 18.3. The average Bonchev–Trinajstić information content (AvgIpc) is 2.48. The fraction of sp³-hybridized carbons (Fsp3) is 0.562. The Kier molecular flexibility index (Phi) is 5.68. The lowest BCUT2D eigenvalue weighted by atomic mass is 10.1. The number of methoxy groups -OCH3 is 1. The first-order valence-corrected chi connectivity index (χ1v) is 7.28. The molecule has 1 aliphatic rings. The van der Waals surface area contributed by atoms with Gasteiger partial charge in [-0.15, -0.1) is 0 Å². The first-order valence-electron chi connectivity index (χ1n) is 7.28. The van der Waals surface area contributed by atoms with Crippen LogP contribution in [0.3, 0.4) is 0 Å². The highest BCUT2D eigenvalue weighted by Crippen LogP contribution is 2.16. The smallest absolute Gasteiger partial charge is 0.124 e. The summed E-state index contributed by atoms with van der Waals surface area (Å²) >= 11 is 0. The molecule has 0 aliphatic carbocycles. The standard InChI is InChI=1S/C16H22FN3O/c1-13-11-19(5-6-20(13)7-8-21-2)12-14-3-4-16(17)9-15(14)10-18/h3-4,9,13H,5-8,11-12H2,1-2H3/t13-/m0/s1. The van der Waals surface area contributed by atoms with Crippen LogP contribution in [0.5, 0.6) is 0 Å².